The Kier molecular flexibility index (Phi) is 3.23. The third-order valence-electron chi connectivity index (χ3n) is 3.04. The number of benzene rings is 1. The lowest BCUT2D eigenvalue weighted by molar-refractivity contribution is -0.114. The first-order chi connectivity index (χ1) is 10.1. The van der Waals surface area contributed by atoms with E-state index in [1.165, 1.54) is 17.8 Å². The number of aromatic amines is 1. The fourth-order valence-corrected chi connectivity index (χ4v) is 2.14. The number of imidazole rings is 1. The van der Waals surface area contributed by atoms with Gasteiger partial charge in [0.2, 0.25) is 5.91 Å². The fourth-order valence-electron chi connectivity index (χ4n) is 2.14. The lowest BCUT2D eigenvalue weighted by atomic mass is 10.2. The van der Waals surface area contributed by atoms with E-state index >= 15 is 0 Å². The predicted octanol–water partition coefficient (Wildman–Crippen LogP) is 1.13. The Morgan fingerprint density at radius 3 is 2.76 bits per heavy atom. The van der Waals surface area contributed by atoms with Crippen LogP contribution in [0.1, 0.15) is 12.5 Å². The van der Waals surface area contributed by atoms with Gasteiger partial charge in [-0.15, -0.1) is 0 Å². The number of amides is 1. The minimum atomic E-state index is -0.291. The molecule has 0 atom stereocenters. The number of anilines is 1. The number of aromatic nitrogens is 4. The largest absolute Gasteiger partial charge is 0.328 e. The summed E-state index contributed by atoms with van der Waals surface area (Å²) in [5, 5.41) is 2.58. The number of rotatable bonds is 3. The van der Waals surface area contributed by atoms with Gasteiger partial charge < -0.3 is 10.3 Å². The van der Waals surface area contributed by atoms with Gasteiger partial charge in [0.1, 0.15) is 11.8 Å². The Morgan fingerprint density at radius 1 is 1.29 bits per heavy atom. The first-order valence-corrected chi connectivity index (χ1v) is 6.40. The molecule has 0 fully saturated rings. The van der Waals surface area contributed by atoms with Crippen LogP contribution in [0.15, 0.2) is 41.5 Å². The van der Waals surface area contributed by atoms with E-state index in [0.717, 1.165) is 5.56 Å². The zero-order chi connectivity index (χ0) is 14.8. The van der Waals surface area contributed by atoms with Crippen molar-refractivity contribution in [3.63, 3.8) is 0 Å². The van der Waals surface area contributed by atoms with Gasteiger partial charge in [-0.2, -0.15) is 0 Å². The third-order valence-corrected chi connectivity index (χ3v) is 3.04. The molecule has 0 aliphatic heterocycles. The molecule has 0 bridgehead atoms. The molecule has 7 heteroatoms. The summed E-state index contributed by atoms with van der Waals surface area (Å²) in [6, 6.07) is 9.60. The lowest BCUT2D eigenvalue weighted by Gasteiger charge is -2.04. The molecule has 1 aromatic carbocycles. The standard InChI is InChI=1S/C14H13N5O2/c1-9(20)17-12-11-13(16-8-15-12)19(14(21)18-11)7-10-5-3-2-4-6-10/h2-6,8H,7H2,1H3,(H,18,21)(H,15,16,17,20). The number of hydrogen-bond acceptors (Lipinski definition) is 4. The second kappa shape index (κ2) is 5.20. The molecule has 0 saturated heterocycles. The summed E-state index contributed by atoms with van der Waals surface area (Å²) in [6.45, 7) is 1.78. The van der Waals surface area contributed by atoms with E-state index in [1.54, 1.807) is 0 Å². The van der Waals surface area contributed by atoms with Crippen LogP contribution in [0.2, 0.25) is 0 Å². The number of nitrogens with zero attached hydrogens (tertiary/aromatic N) is 3. The molecule has 7 nitrogen and oxygen atoms in total. The molecule has 0 radical (unpaired) electrons. The number of H-pyrrole nitrogens is 1. The predicted molar refractivity (Wildman–Crippen MR) is 78.0 cm³/mol. The van der Waals surface area contributed by atoms with E-state index in [0.29, 0.717) is 23.5 Å². The third kappa shape index (κ3) is 2.53. The summed E-state index contributed by atoms with van der Waals surface area (Å²) in [5.41, 5.74) is 1.58. The highest BCUT2D eigenvalue weighted by Gasteiger charge is 2.13. The lowest BCUT2D eigenvalue weighted by Crippen LogP contribution is -2.17. The molecule has 21 heavy (non-hydrogen) atoms. The van der Waals surface area contributed by atoms with Crippen molar-refractivity contribution in [1.29, 1.82) is 0 Å². The molecule has 106 valence electrons. The van der Waals surface area contributed by atoms with Crippen LogP contribution in [0.3, 0.4) is 0 Å². The number of fused-ring (bicyclic) bond motifs is 1. The molecule has 3 rings (SSSR count). The van der Waals surface area contributed by atoms with Gasteiger partial charge >= 0.3 is 5.69 Å². The van der Waals surface area contributed by atoms with Crippen LogP contribution in [0.4, 0.5) is 5.82 Å². The number of hydrogen-bond donors (Lipinski definition) is 2. The minimum Gasteiger partial charge on any atom is -0.309 e. The van der Waals surface area contributed by atoms with Crippen LogP contribution in [0.25, 0.3) is 11.2 Å². The van der Waals surface area contributed by atoms with Gasteiger partial charge in [-0.1, -0.05) is 30.3 Å². The van der Waals surface area contributed by atoms with Crippen molar-refractivity contribution in [3.05, 3.63) is 52.7 Å². The van der Waals surface area contributed by atoms with Crippen LogP contribution in [0.5, 0.6) is 0 Å². The van der Waals surface area contributed by atoms with Crippen LogP contribution >= 0.6 is 0 Å². The Morgan fingerprint density at radius 2 is 2.05 bits per heavy atom. The fraction of sp³-hybridized carbons (Fsp3) is 0.143. The van der Waals surface area contributed by atoms with Crippen LogP contribution in [0, 0.1) is 0 Å². The van der Waals surface area contributed by atoms with E-state index in [1.807, 2.05) is 30.3 Å². The number of nitrogens with one attached hydrogen (secondary N) is 2. The molecule has 0 aliphatic carbocycles. The Bertz CT molecular complexity index is 851. The van der Waals surface area contributed by atoms with Gasteiger partial charge in [0, 0.05) is 6.92 Å². The molecular formula is C14H13N5O2. The van der Waals surface area contributed by atoms with Crippen molar-refractivity contribution in [2.24, 2.45) is 0 Å². The van der Waals surface area contributed by atoms with Crippen LogP contribution < -0.4 is 11.0 Å². The maximum atomic E-state index is 12.1. The maximum Gasteiger partial charge on any atom is 0.328 e. The second-order valence-electron chi connectivity index (χ2n) is 4.60. The maximum absolute atomic E-state index is 12.1. The van der Waals surface area contributed by atoms with E-state index in [2.05, 4.69) is 20.3 Å². The molecule has 2 aromatic heterocycles. The normalized spacial score (nSPS) is 10.7. The first-order valence-electron chi connectivity index (χ1n) is 6.40. The summed E-state index contributed by atoms with van der Waals surface area (Å²) in [6.07, 6.45) is 1.32. The van der Waals surface area contributed by atoms with Gasteiger partial charge in [0.05, 0.1) is 6.54 Å². The van der Waals surface area contributed by atoms with Crippen LogP contribution in [-0.4, -0.2) is 25.4 Å². The van der Waals surface area contributed by atoms with Gasteiger partial charge in [-0.25, -0.2) is 14.8 Å². The number of carbonyl (C=O) groups is 1. The van der Waals surface area contributed by atoms with Crippen molar-refractivity contribution in [2.45, 2.75) is 13.5 Å². The van der Waals surface area contributed by atoms with Crippen LogP contribution in [-0.2, 0) is 11.3 Å². The topological polar surface area (TPSA) is 92.7 Å². The second-order valence-corrected chi connectivity index (χ2v) is 4.60. The highest BCUT2D eigenvalue weighted by molar-refractivity contribution is 5.95. The summed E-state index contributed by atoms with van der Waals surface area (Å²) in [4.78, 5) is 34.1. The zero-order valence-electron chi connectivity index (χ0n) is 11.3. The Balaban J connectivity index is 2.10. The molecule has 0 saturated carbocycles. The minimum absolute atomic E-state index is 0.258. The van der Waals surface area contributed by atoms with E-state index < -0.39 is 0 Å². The summed E-state index contributed by atoms with van der Waals surface area (Å²) >= 11 is 0. The van der Waals surface area contributed by atoms with Crippen molar-refractivity contribution < 1.29 is 4.79 Å². The molecule has 0 aliphatic rings. The smallest absolute Gasteiger partial charge is 0.309 e. The molecule has 1 amide bonds. The SMILES string of the molecule is CC(=O)Nc1ncnc2c1[nH]c(=O)n2Cc1ccccc1. The quantitative estimate of drug-likeness (QED) is 0.753. The molecule has 3 aromatic rings. The van der Waals surface area contributed by atoms with Gasteiger partial charge in [0.15, 0.2) is 11.5 Å². The van der Waals surface area contributed by atoms with E-state index in [4.69, 9.17) is 0 Å². The van der Waals surface area contributed by atoms with Gasteiger partial charge in [0.25, 0.3) is 0 Å². The summed E-state index contributed by atoms with van der Waals surface area (Å²) in [5.74, 6) is 0.0445. The average molecular weight is 283 g/mol. The van der Waals surface area contributed by atoms with Gasteiger partial charge in [-0.05, 0) is 5.56 Å². The molecule has 0 unspecified atom stereocenters. The van der Waals surface area contributed by atoms with E-state index in [9.17, 15) is 9.59 Å². The average Bonchev–Trinajstić information content (AvgIpc) is 2.77. The highest BCUT2D eigenvalue weighted by Crippen LogP contribution is 2.16. The molecule has 2 N–H and O–H groups in total. The van der Waals surface area contributed by atoms with Crippen molar-refractivity contribution in [3.8, 4) is 0 Å². The molecule has 2 heterocycles. The van der Waals surface area contributed by atoms with E-state index in [-0.39, 0.29) is 11.6 Å². The monoisotopic (exact) mass is 283 g/mol. The number of carbonyl (C=O) groups excluding carboxylic acids is 1. The van der Waals surface area contributed by atoms with Gasteiger partial charge in [-0.3, -0.25) is 9.36 Å². The molecule has 0 spiro atoms. The summed E-state index contributed by atoms with van der Waals surface area (Å²) < 4.78 is 1.51. The summed E-state index contributed by atoms with van der Waals surface area (Å²) in [7, 11) is 0. The van der Waals surface area contributed by atoms with Crippen molar-refractivity contribution >= 4 is 22.9 Å². The Labute approximate surface area is 119 Å². The van der Waals surface area contributed by atoms with Crippen molar-refractivity contribution in [2.75, 3.05) is 5.32 Å². The van der Waals surface area contributed by atoms with Crippen molar-refractivity contribution in [1.82, 2.24) is 19.5 Å². The Hall–Kier alpha value is -2.96. The zero-order valence-corrected chi connectivity index (χ0v) is 11.3. The highest BCUT2D eigenvalue weighted by atomic mass is 16.2. The molecular weight excluding hydrogens is 270 g/mol. The first kappa shape index (κ1) is 13.0.